The summed E-state index contributed by atoms with van der Waals surface area (Å²) in [7, 11) is -1.87. The Morgan fingerprint density at radius 1 is 1.29 bits per heavy atom. The number of aliphatic hydroxyl groups excluding tert-OH is 1. The molecule has 1 saturated heterocycles. The SMILES string of the molecule is CC(C)(C)[Si](C)(C)OC1(CO)CC(C#CCOC2CCCOC2)C1. The molecule has 1 aliphatic heterocycles. The lowest BCUT2D eigenvalue weighted by Crippen LogP contribution is -2.57. The minimum Gasteiger partial charge on any atom is -0.409 e. The number of hydrogen-bond donors (Lipinski definition) is 1. The highest BCUT2D eigenvalue weighted by molar-refractivity contribution is 6.74. The van der Waals surface area contributed by atoms with Crippen molar-refractivity contribution >= 4 is 8.32 Å². The van der Waals surface area contributed by atoms with Gasteiger partial charge in [0.15, 0.2) is 8.32 Å². The Morgan fingerprint density at radius 2 is 2.00 bits per heavy atom. The van der Waals surface area contributed by atoms with E-state index >= 15 is 0 Å². The fourth-order valence-electron chi connectivity index (χ4n) is 3.07. The van der Waals surface area contributed by atoms with Crippen molar-refractivity contribution in [1.82, 2.24) is 0 Å². The van der Waals surface area contributed by atoms with Gasteiger partial charge in [-0.25, -0.2) is 0 Å². The topological polar surface area (TPSA) is 47.9 Å². The molecular weight excluding hydrogens is 320 g/mol. The standard InChI is InChI=1S/C19H34O4Si/c1-18(2,3)24(4,5)23-19(15-20)12-16(13-19)8-6-11-22-17-9-7-10-21-14-17/h16-17,20H,7,9-15H2,1-5H3. The summed E-state index contributed by atoms with van der Waals surface area (Å²) in [6, 6.07) is 0. The van der Waals surface area contributed by atoms with Gasteiger partial charge in [-0.2, -0.15) is 0 Å². The van der Waals surface area contributed by atoms with Crippen molar-refractivity contribution in [3.63, 3.8) is 0 Å². The van der Waals surface area contributed by atoms with E-state index in [4.69, 9.17) is 13.9 Å². The van der Waals surface area contributed by atoms with Crippen LogP contribution in [0.15, 0.2) is 0 Å². The molecular formula is C19H34O4Si. The van der Waals surface area contributed by atoms with Crippen LogP contribution in [0.2, 0.25) is 18.1 Å². The molecule has 0 spiro atoms. The average Bonchev–Trinajstić information content (AvgIpc) is 2.48. The third-order valence-electron chi connectivity index (χ3n) is 5.62. The first-order chi connectivity index (χ1) is 11.2. The van der Waals surface area contributed by atoms with E-state index in [1.54, 1.807) is 0 Å². The van der Waals surface area contributed by atoms with Gasteiger partial charge in [0.2, 0.25) is 0 Å². The zero-order valence-electron chi connectivity index (χ0n) is 16.0. The lowest BCUT2D eigenvalue weighted by atomic mass is 9.72. The zero-order chi connectivity index (χ0) is 17.8. The maximum absolute atomic E-state index is 9.84. The fourth-order valence-corrected chi connectivity index (χ4v) is 4.69. The quantitative estimate of drug-likeness (QED) is 0.607. The van der Waals surface area contributed by atoms with E-state index < -0.39 is 8.32 Å². The van der Waals surface area contributed by atoms with Crippen molar-refractivity contribution in [2.75, 3.05) is 26.4 Å². The van der Waals surface area contributed by atoms with E-state index in [1.807, 2.05) is 0 Å². The van der Waals surface area contributed by atoms with Gasteiger partial charge in [-0.05, 0) is 43.8 Å². The number of aliphatic hydroxyl groups is 1. The second-order valence-corrected chi connectivity index (χ2v) is 13.5. The van der Waals surface area contributed by atoms with Crippen LogP contribution in [0, 0.1) is 17.8 Å². The van der Waals surface area contributed by atoms with Crippen LogP contribution in [0.5, 0.6) is 0 Å². The molecule has 0 aromatic heterocycles. The van der Waals surface area contributed by atoms with E-state index in [0.29, 0.717) is 19.1 Å². The molecule has 0 amide bonds. The van der Waals surface area contributed by atoms with Crippen LogP contribution in [0.25, 0.3) is 0 Å². The fraction of sp³-hybridized carbons (Fsp3) is 0.895. The molecule has 4 nitrogen and oxygen atoms in total. The predicted octanol–water partition coefficient (Wildman–Crippen LogP) is 3.35. The molecule has 2 rings (SSSR count). The molecule has 5 heteroatoms. The van der Waals surface area contributed by atoms with Crippen molar-refractivity contribution in [3.8, 4) is 11.8 Å². The summed E-state index contributed by atoms with van der Waals surface area (Å²) in [5, 5.41) is 9.99. The highest BCUT2D eigenvalue weighted by Crippen LogP contribution is 2.47. The van der Waals surface area contributed by atoms with Crippen LogP contribution in [-0.4, -0.2) is 51.6 Å². The Kier molecular flexibility index (Phi) is 6.55. The van der Waals surface area contributed by atoms with Crippen molar-refractivity contribution in [1.29, 1.82) is 0 Å². The molecule has 0 bridgehead atoms. The van der Waals surface area contributed by atoms with Gasteiger partial charge in [-0.3, -0.25) is 0 Å². The average molecular weight is 355 g/mol. The van der Waals surface area contributed by atoms with Gasteiger partial charge < -0.3 is 19.0 Å². The summed E-state index contributed by atoms with van der Waals surface area (Å²) in [6.45, 7) is 13.3. The van der Waals surface area contributed by atoms with E-state index in [-0.39, 0.29) is 23.4 Å². The lowest BCUT2D eigenvalue weighted by molar-refractivity contribution is -0.0810. The van der Waals surface area contributed by atoms with Crippen LogP contribution in [0.1, 0.15) is 46.5 Å². The van der Waals surface area contributed by atoms with Crippen molar-refractivity contribution in [2.24, 2.45) is 5.92 Å². The van der Waals surface area contributed by atoms with Gasteiger partial charge in [0.05, 0.1) is 24.9 Å². The molecule has 1 N–H and O–H groups in total. The molecule has 24 heavy (non-hydrogen) atoms. The minimum atomic E-state index is -1.87. The maximum Gasteiger partial charge on any atom is 0.192 e. The Morgan fingerprint density at radius 3 is 2.54 bits per heavy atom. The van der Waals surface area contributed by atoms with Gasteiger partial charge in [0.1, 0.15) is 6.61 Å². The van der Waals surface area contributed by atoms with E-state index in [0.717, 1.165) is 32.3 Å². The first kappa shape index (κ1) is 19.9. The van der Waals surface area contributed by atoms with Gasteiger partial charge >= 0.3 is 0 Å². The van der Waals surface area contributed by atoms with E-state index in [1.165, 1.54) is 0 Å². The highest BCUT2D eigenvalue weighted by Gasteiger charge is 2.50. The lowest BCUT2D eigenvalue weighted by Gasteiger charge is -2.51. The molecule has 0 aromatic carbocycles. The molecule has 1 unspecified atom stereocenters. The zero-order valence-corrected chi connectivity index (χ0v) is 17.0. The normalized spacial score (nSPS) is 31.1. The molecule has 1 heterocycles. The maximum atomic E-state index is 9.84. The van der Waals surface area contributed by atoms with Crippen molar-refractivity contribution in [2.45, 2.75) is 76.3 Å². The van der Waals surface area contributed by atoms with Crippen LogP contribution in [0.3, 0.4) is 0 Å². The summed E-state index contributed by atoms with van der Waals surface area (Å²) >= 11 is 0. The monoisotopic (exact) mass is 354 g/mol. The highest BCUT2D eigenvalue weighted by atomic mass is 28.4. The molecule has 1 atom stereocenters. The van der Waals surface area contributed by atoms with Gasteiger partial charge in [-0.15, -0.1) is 0 Å². The molecule has 0 aromatic rings. The van der Waals surface area contributed by atoms with Gasteiger partial charge in [0.25, 0.3) is 0 Å². The second kappa shape index (κ2) is 7.88. The summed E-state index contributed by atoms with van der Waals surface area (Å²) < 4.78 is 17.6. The van der Waals surface area contributed by atoms with E-state index in [2.05, 4.69) is 45.7 Å². The Balaban J connectivity index is 1.77. The van der Waals surface area contributed by atoms with Gasteiger partial charge in [0, 0.05) is 12.5 Å². The molecule has 0 radical (unpaired) electrons. The van der Waals surface area contributed by atoms with E-state index in [9.17, 15) is 5.11 Å². The van der Waals surface area contributed by atoms with Crippen LogP contribution in [-0.2, 0) is 13.9 Å². The summed E-state index contributed by atoms with van der Waals surface area (Å²) in [6.07, 6.45) is 4.00. The number of ether oxygens (including phenoxy) is 2. The number of rotatable bonds is 5. The van der Waals surface area contributed by atoms with Gasteiger partial charge in [-0.1, -0.05) is 32.6 Å². The molecule has 1 saturated carbocycles. The summed E-state index contributed by atoms with van der Waals surface area (Å²) in [5.41, 5.74) is -0.375. The molecule has 1 aliphatic carbocycles. The Labute approximate surface area is 148 Å². The van der Waals surface area contributed by atoms with Crippen LogP contribution < -0.4 is 0 Å². The van der Waals surface area contributed by atoms with Crippen molar-refractivity contribution in [3.05, 3.63) is 0 Å². The third-order valence-corrected chi connectivity index (χ3v) is 10.2. The van der Waals surface area contributed by atoms with Crippen molar-refractivity contribution < 1.29 is 19.0 Å². The number of hydrogen-bond acceptors (Lipinski definition) is 4. The smallest absolute Gasteiger partial charge is 0.192 e. The largest absolute Gasteiger partial charge is 0.409 e. The molecule has 2 fully saturated rings. The summed E-state index contributed by atoms with van der Waals surface area (Å²) in [4.78, 5) is 0. The molecule has 138 valence electrons. The third kappa shape index (κ3) is 5.06. The second-order valence-electron chi connectivity index (χ2n) is 8.78. The minimum absolute atomic E-state index is 0.0909. The Bertz CT molecular complexity index is 460. The molecule has 2 aliphatic rings. The van der Waals surface area contributed by atoms with Crippen LogP contribution >= 0.6 is 0 Å². The first-order valence-corrected chi connectivity index (χ1v) is 12.1. The summed E-state index contributed by atoms with van der Waals surface area (Å²) in [5.74, 6) is 6.73. The predicted molar refractivity (Wildman–Crippen MR) is 98.4 cm³/mol. The Hall–Kier alpha value is -0.383. The first-order valence-electron chi connectivity index (χ1n) is 9.16. The van der Waals surface area contributed by atoms with Crippen LogP contribution in [0.4, 0.5) is 0 Å².